The van der Waals surface area contributed by atoms with Crippen LogP contribution >= 0.6 is 0 Å². The van der Waals surface area contributed by atoms with Gasteiger partial charge in [0.2, 0.25) is 0 Å². The Kier molecular flexibility index (Phi) is 2.57. The summed E-state index contributed by atoms with van der Waals surface area (Å²) in [6.07, 6.45) is 8.81. The number of carboxylic acid groups (broad SMARTS) is 1. The van der Waals surface area contributed by atoms with Gasteiger partial charge >= 0.3 is 5.97 Å². The summed E-state index contributed by atoms with van der Waals surface area (Å²) in [6, 6.07) is 0. The predicted molar refractivity (Wildman–Crippen MR) is 51.5 cm³/mol. The summed E-state index contributed by atoms with van der Waals surface area (Å²) in [5.74, 6) is -0.479. The van der Waals surface area contributed by atoms with Gasteiger partial charge in [0, 0.05) is 5.56 Å². The Morgan fingerprint density at radius 3 is 2.64 bits per heavy atom. The van der Waals surface area contributed by atoms with Crippen LogP contribution in [0.3, 0.4) is 0 Å². The van der Waals surface area contributed by atoms with Gasteiger partial charge in [0.05, 0.1) is 6.26 Å². The highest BCUT2D eigenvalue weighted by molar-refractivity contribution is 5.89. The SMILES string of the molecule is O=C(O)c1cocc1C1CCCCC1. The number of hydrogen-bond donors (Lipinski definition) is 1. The van der Waals surface area contributed by atoms with Crippen LogP contribution in [0.25, 0.3) is 0 Å². The fourth-order valence-corrected chi connectivity index (χ4v) is 2.21. The van der Waals surface area contributed by atoms with Crippen LogP contribution < -0.4 is 0 Å². The highest BCUT2D eigenvalue weighted by Gasteiger charge is 2.22. The van der Waals surface area contributed by atoms with Crippen molar-refractivity contribution in [1.82, 2.24) is 0 Å². The zero-order valence-electron chi connectivity index (χ0n) is 8.03. The van der Waals surface area contributed by atoms with Gasteiger partial charge in [0.25, 0.3) is 0 Å². The quantitative estimate of drug-likeness (QED) is 0.787. The molecule has 0 spiro atoms. The van der Waals surface area contributed by atoms with Crippen LogP contribution in [0.2, 0.25) is 0 Å². The fourth-order valence-electron chi connectivity index (χ4n) is 2.21. The topological polar surface area (TPSA) is 50.4 Å². The van der Waals surface area contributed by atoms with Gasteiger partial charge in [0.1, 0.15) is 11.8 Å². The van der Waals surface area contributed by atoms with E-state index >= 15 is 0 Å². The number of aromatic carboxylic acids is 1. The van der Waals surface area contributed by atoms with Crippen LogP contribution in [0, 0.1) is 0 Å². The summed E-state index contributed by atoms with van der Waals surface area (Å²) in [4.78, 5) is 10.9. The first-order valence-electron chi connectivity index (χ1n) is 5.08. The summed E-state index contributed by atoms with van der Waals surface area (Å²) in [7, 11) is 0. The first kappa shape index (κ1) is 9.31. The third-order valence-corrected chi connectivity index (χ3v) is 2.97. The van der Waals surface area contributed by atoms with Gasteiger partial charge in [-0.15, -0.1) is 0 Å². The van der Waals surface area contributed by atoms with Crippen molar-refractivity contribution in [2.45, 2.75) is 38.0 Å². The van der Waals surface area contributed by atoms with E-state index in [9.17, 15) is 4.79 Å². The second-order valence-electron chi connectivity index (χ2n) is 3.88. The molecule has 1 aromatic heterocycles. The van der Waals surface area contributed by atoms with Crippen molar-refractivity contribution in [3.63, 3.8) is 0 Å². The molecule has 0 saturated heterocycles. The highest BCUT2D eigenvalue weighted by atomic mass is 16.4. The van der Waals surface area contributed by atoms with Gasteiger partial charge in [-0.2, -0.15) is 0 Å². The molecule has 76 valence electrons. The van der Waals surface area contributed by atoms with E-state index in [1.54, 1.807) is 6.26 Å². The molecule has 1 aromatic rings. The van der Waals surface area contributed by atoms with E-state index < -0.39 is 5.97 Å². The lowest BCUT2D eigenvalue weighted by molar-refractivity contribution is 0.0694. The first-order valence-corrected chi connectivity index (χ1v) is 5.08. The van der Waals surface area contributed by atoms with Crippen LogP contribution in [0.1, 0.15) is 53.9 Å². The molecule has 0 radical (unpaired) electrons. The van der Waals surface area contributed by atoms with Gasteiger partial charge < -0.3 is 9.52 Å². The molecule has 2 rings (SSSR count). The van der Waals surface area contributed by atoms with Crippen LogP contribution in [0.5, 0.6) is 0 Å². The summed E-state index contributed by atoms with van der Waals surface area (Å²) in [5.41, 5.74) is 1.23. The largest absolute Gasteiger partial charge is 0.478 e. The molecule has 1 heterocycles. The molecule has 14 heavy (non-hydrogen) atoms. The molecule has 0 atom stereocenters. The Hall–Kier alpha value is -1.25. The van der Waals surface area contributed by atoms with E-state index in [1.807, 2.05) is 0 Å². The minimum atomic E-state index is -0.876. The first-order chi connectivity index (χ1) is 6.79. The Balaban J connectivity index is 2.21. The van der Waals surface area contributed by atoms with Gasteiger partial charge in [0.15, 0.2) is 0 Å². The van der Waals surface area contributed by atoms with Crippen molar-refractivity contribution in [3.05, 3.63) is 23.7 Å². The van der Waals surface area contributed by atoms with Gasteiger partial charge in [-0.05, 0) is 18.8 Å². The maximum Gasteiger partial charge on any atom is 0.339 e. The molecule has 1 aliphatic rings. The number of rotatable bonds is 2. The van der Waals surface area contributed by atoms with Crippen LogP contribution in [-0.2, 0) is 0 Å². The summed E-state index contributed by atoms with van der Waals surface area (Å²) >= 11 is 0. The average molecular weight is 194 g/mol. The lowest BCUT2D eigenvalue weighted by atomic mass is 9.84. The summed E-state index contributed by atoms with van der Waals surface area (Å²) in [6.45, 7) is 0. The van der Waals surface area contributed by atoms with Crippen LogP contribution in [0.15, 0.2) is 16.9 Å². The fraction of sp³-hybridized carbons (Fsp3) is 0.545. The minimum absolute atomic E-state index is 0.344. The van der Waals surface area contributed by atoms with Crippen molar-refractivity contribution in [3.8, 4) is 0 Å². The van der Waals surface area contributed by atoms with E-state index in [4.69, 9.17) is 9.52 Å². The predicted octanol–water partition coefficient (Wildman–Crippen LogP) is 3.03. The maximum absolute atomic E-state index is 10.9. The number of carboxylic acids is 1. The third kappa shape index (κ3) is 1.67. The molecule has 1 saturated carbocycles. The normalized spacial score (nSPS) is 18.3. The Bertz CT molecular complexity index is 321. The van der Waals surface area contributed by atoms with E-state index in [0.717, 1.165) is 18.4 Å². The second-order valence-corrected chi connectivity index (χ2v) is 3.88. The van der Waals surface area contributed by atoms with E-state index in [0.29, 0.717) is 11.5 Å². The zero-order valence-corrected chi connectivity index (χ0v) is 8.03. The Morgan fingerprint density at radius 1 is 1.29 bits per heavy atom. The standard InChI is InChI=1S/C11H14O3/c12-11(13)10-7-14-6-9(10)8-4-2-1-3-5-8/h6-8H,1-5H2,(H,12,13). The molecule has 0 bridgehead atoms. The smallest absolute Gasteiger partial charge is 0.339 e. The lowest BCUT2D eigenvalue weighted by Crippen LogP contribution is -2.08. The molecular weight excluding hydrogens is 180 g/mol. The zero-order chi connectivity index (χ0) is 9.97. The Labute approximate surface area is 82.7 Å². The lowest BCUT2D eigenvalue weighted by Gasteiger charge is -2.20. The monoisotopic (exact) mass is 194 g/mol. The van der Waals surface area contributed by atoms with E-state index in [1.165, 1.54) is 25.5 Å². The van der Waals surface area contributed by atoms with E-state index in [-0.39, 0.29) is 0 Å². The molecule has 0 aliphatic heterocycles. The molecule has 0 unspecified atom stereocenters. The van der Waals surface area contributed by atoms with Crippen molar-refractivity contribution < 1.29 is 14.3 Å². The van der Waals surface area contributed by atoms with Crippen molar-refractivity contribution >= 4 is 5.97 Å². The van der Waals surface area contributed by atoms with Crippen molar-refractivity contribution in [2.24, 2.45) is 0 Å². The molecule has 1 N–H and O–H groups in total. The molecule has 0 aromatic carbocycles. The number of hydrogen-bond acceptors (Lipinski definition) is 2. The van der Waals surface area contributed by atoms with Crippen molar-refractivity contribution in [2.75, 3.05) is 0 Å². The van der Waals surface area contributed by atoms with Crippen LogP contribution in [-0.4, -0.2) is 11.1 Å². The van der Waals surface area contributed by atoms with Gasteiger partial charge in [-0.1, -0.05) is 19.3 Å². The van der Waals surface area contributed by atoms with Gasteiger partial charge in [-0.3, -0.25) is 0 Å². The van der Waals surface area contributed by atoms with Gasteiger partial charge in [-0.25, -0.2) is 4.79 Å². The molecular formula is C11H14O3. The number of furan rings is 1. The average Bonchev–Trinajstić information content (AvgIpc) is 2.67. The molecule has 3 heteroatoms. The highest BCUT2D eigenvalue weighted by Crippen LogP contribution is 2.34. The number of carbonyl (C=O) groups is 1. The molecule has 1 fully saturated rings. The summed E-state index contributed by atoms with van der Waals surface area (Å²) < 4.78 is 4.98. The molecule has 3 nitrogen and oxygen atoms in total. The van der Waals surface area contributed by atoms with Crippen LogP contribution in [0.4, 0.5) is 0 Å². The minimum Gasteiger partial charge on any atom is -0.478 e. The van der Waals surface area contributed by atoms with Crippen molar-refractivity contribution in [1.29, 1.82) is 0 Å². The maximum atomic E-state index is 10.9. The molecule has 1 aliphatic carbocycles. The summed E-state index contributed by atoms with van der Waals surface area (Å²) in [5, 5.41) is 8.93. The Morgan fingerprint density at radius 2 is 2.00 bits per heavy atom. The molecule has 0 amide bonds. The van der Waals surface area contributed by atoms with E-state index in [2.05, 4.69) is 0 Å². The second kappa shape index (κ2) is 3.86. The third-order valence-electron chi connectivity index (χ3n) is 2.97.